The summed E-state index contributed by atoms with van der Waals surface area (Å²) in [5.41, 5.74) is 0. The van der Waals surface area contributed by atoms with E-state index >= 15 is 0 Å². The SMILES string of the molecule is CCOC([C]=O)CCCCCCCCCCCCCCCCOC1CC[CH]CC1. The summed E-state index contributed by atoms with van der Waals surface area (Å²) in [5, 5.41) is 0. The molecule has 1 saturated carbocycles. The van der Waals surface area contributed by atoms with Gasteiger partial charge in [0.15, 0.2) is 0 Å². The summed E-state index contributed by atoms with van der Waals surface area (Å²) >= 11 is 0. The first-order valence-electron chi connectivity index (χ1n) is 12.8. The van der Waals surface area contributed by atoms with Crippen LogP contribution in [-0.4, -0.2) is 31.7 Å². The lowest BCUT2D eigenvalue weighted by molar-refractivity contribution is 0.0326. The number of hydrogen-bond acceptors (Lipinski definition) is 3. The Morgan fingerprint density at radius 2 is 1.28 bits per heavy atom. The number of rotatable bonds is 21. The van der Waals surface area contributed by atoms with E-state index in [1.165, 1.54) is 109 Å². The maximum Gasteiger partial charge on any atom is 0.229 e. The van der Waals surface area contributed by atoms with E-state index in [2.05, 4.69) is 6.42 Å². The fraction of sp³-hybridized carbons (Fsp3) is 0.923. The number of unbranched alkanes of at least 4 members (excludes halogenated alkanes) is 13. The lowest BCUT2D eigenvalue weighted by atomic mass is 9.98. The van der Waals surface area contributed by atoms with E-state index in [4.69, 9.17) is 9.47 Å². The van der Waals surface area contributed by atoms with Crippen LogP contribution in [0.5, 0.6) is 0 Å². The fourth-order valence-corrected chi connectivity index (χ4v) is 4.24. The Morgan fingerprint density at radius 3 is 1.76 bits per heavy atom. The minimum absolute atomic E-state index is 0.297. The molecule has 1 aliphatic carbocycles. The van der Waals surface area contributed by atoms with Gasteiger partial charge in [0.05, 0.1) is 6.10 Å². The molecule has 0 aromatic heterocycles. The van der Waals surface area contributed by atoms with Gasteiger partial charge in [-0.3, -0.25) is 4.79 Å². The van der Waals surface area contributed by atoms with Gasteiger partial charge in [-0.1, -0.05) is 83.5 Å². The molecule has 0 amide bonds. The molecule has 0 aliphatic heterocycles. The van der Waals surface area contributed by atoms with Gasteiger partial charge >= 0.3 is 0 Å². The van der Waals surface area contributed by atoms with Crippen LogP contribution in [0.15, 0.2) is 0 Å². The third-order valence-electron chi connectivity index (χ3n) is 6.10. The zero-order chi connectivity index (χ0) is 20.8. The normalized spacial score (nSPS) is 16.2. The quantitative estimate of drug-likeness (QED) is 0.184. The van der Waals surface area contributed by atoms with Crippen molar-refractivity contribution in [2.45, 2.75) is 141 Å². The molecular formula is C26H48O3. The van der Waals surface area contributed by atoms with E-state index in [0.29, 0.717) is 12.7 Å². The zero-order valence-corrected chi connectivity index (χ0v) is 19.3. The Balaban J connectivity index is 1.69. The van der Waals surface area contributed by atoms with Crippen molar-refractivity contribution in [2.24, 2.45) is 0 Å². The number of ether oxygens (including phenoxy) is 2. The van der Waals surface area contributed by atoms with Gasteiger partial charge in [-0.05, 0) is 51.9 Å². The Bertz CT molecular complexity index is 339. The second kappa shape index (κ2) is 20.8. The van der Waals surface area contributed by atoms with Gasteiger partial charge in [0, 0.05) is 13.2 Å². The van der Waals surface area contributed by atoms with Gasteiger partial charge in [0.2, 0.25) is 6.29 Å². The fourth-order valence-electron chi connectivity index (χ4n) is 4.24. The van der Waals surface area contributed by atoms with Crippen molar-refractivity contribution in [3.63, 3.8) is 0 Å². The molecule has 0 aromatic rings. The highest BCUT2D eigenvalue weighted by molar-refractivity contribution is 5.56. The van der Waals surface area contributed by atoms with Crippen LogP contribution >= 0.6 is 0 Å². The van der Waals surface area contributed by atoms with Gasteiger partial charge in [0.25, 0.3) is 0 Å². The second-order valence-corrected chi connectivity index (χ2v) is 8.74. The van der Waals surface area contributed by atoms with E-state index in [9.17, 15) is 4.79 Å². The highest BCUT2D eigenvalue weighted by Crippen LogP contribution is 2.20. The van der Waals surface area contributed by atoms with Crippen LogP contribution in [0, 0.1) is 6.42 Å². The molecule has 170 valence electrons. The summed E-state index contributed by atoms with van der Waals surface area (Å²) in [6, 6.07) is 0. The second-order valence-electron chi connectivity index (χ2n) is 8.74. The molecule has 1 fully saturated rings. The third kappa shape index (κ3) is 17.0. The van der Waals surface area contributed by atoms with E-state index in [0.717, 1.165) is 19.4 Å². The average Bonchev–Trinajstić information content (AvgIpc) is 2.75. The van der Waals surface area contributed by atoms with Gasteiger partial charge in [-0.2, -0.15) is 0 Å². The topological polar surface area (TPSA) is 35.5 Å². The van der Waals surface area contributed by atoms with Crippen molar-refractivity contribution in [3.8, 4) is 0 Å². The van der Waals surface area contributed by atoms with Gasteiger partial charge in [-0.25, -0.2) is 0 Å². The monoisotopic (exact) mass is 408 g/mol. The summed E-state index contributed by atoms with van der Waals surface area (Å²) in [6.07, 6.45) is 29.2. The molecule has 1 aliphatic rings. The summed E-state index contributed by atoms with van der Waals surface area (Å²) in [7, 11) is 0. The molecule has 0 bridgehead atoms. The molecule has 1 atom stereocenters. The third-order valence-corrected chi connectivity index (χ3v) is 6.10. The van der Waals surface area contributed by atoms with Crippen molar-refractivity contribution in [1.29, 1.82) is 0 Å². The van der Waals surface area contributed by atoms with Gasteiger partial charge in [-0.15, -0.1) is 0 Å². The maximum absolute atomic E-state index is 10.7. The van der Waals surface area contributed by atoms with E-state index in [1.807, 2.05) is 13.2 Å². The average molecular weight is 409 g/mol. The minimum atomic E-state index is -0.297. The zero-order valence-electron chi connectivity index (χ0n) is 19.3. The molecule has 2 radical (unpaired) electrons. The van der Waals surface area contributed by atoms with Crippen LogP contribution in [0.2, 0.25) is 0 Å². The Labute approximate surface area is 181 Å². The number of hydrogen-bond donors (Lipinski definition) is 0. The molecule has 0 heterocycles. The summed E-state index contributed by atoms with van der Waals surface area (Å²) in [6.45, 7) is 3.51. The van der Waals surface area contributed by atoms with Crippen molar-refractivity contribution in [2.75, 3.05) is 13.2 Å². The molecule has 3 nitrogen and oxygen atoms in total. The first-order valence-corrected chi connectivity index (χ1v) is 12.8. The van der Waals surface area contributed by atoms with Crippen LogP contribution < -0.4 is 0 Å². The highest BCUT2D eigenvalue weighted by Gasteiger charge is 2.13. The van der Waals surface area contributed by atoms with Crippen LogP contribution in [0.25, 0.3) is 0 Å². The molecule has 0 spiro atoms. The first-order chi connectivity index (χ1) is 14.4. The predicted molar refractivity (Wildman–Crippen MR) is 123 cm³/mol. The molecule has 0 saturated heterocycles. The summed E-state index contributed by atoms with van der Waals surface area (Å²) < 4.78 is 11.3. The van der Waals surface area contributed by atoms with E-state index < -0.39 is 0 Å². The van der Waals surface area contributed by atoms with E-state index in [1.54, 1.807) is 0 Å². The number of carbonyl (C=O) groups excluding carboxylic acids is 1. The van der Waals surface area contributed by atoms with Gasteiger partial charge in [0.1, 0.15) is 6.10 Å². The molecule has 29 heavy (non-hydrogen) atoms. The van der Waals surface area contributed by atoms with Crippen LogP contribution in [0.1, 0.15) is 129 Å². The summed E-state index contributed by atoms with van der Waals surface area (Å²) in [4.78, 5) is 10.7. The first kappa shape index (κ1) is 26.6. The minimum Gasteiger partial charge on any atom is -0.378 e. The highest BCUT2D eigenvalue weighted by atomic mass is 16.5. The van der Waals surface area contributed by atoms with Crippen molar-refractivity contribution >= 4 is 6.29 Å². The van der Waals surface area contributed by atoms with Crippen molar-refractivity contribution in [1.82, 2.24) is 0 Å². The maximum atomic E-state index is 10.7. The van der Waals surface area contributed by atoms with Crippen LogP contribution in [-0.2, 0) is 14.3 Å². The largest absolute Gasteiger partial charge is 0.378 e. The van der Waals surface area contributed by atoms with Crippen molar-refractivity contribution in [3.05, 3.63) is 6.42 Å². The van der Waals surface area contributed by atoms with E-state index in [-0.39, 0.29) is 6.10 Å². The van der Waals surface area contributed by atoms with Crippen LogP contribution in [0.3, 0.4) is 0 Å². The molecule has 1 rings (SSSR count). The summed E-state index contributed by atoms with van der Waals surface area (Å²) in [5.74, 6) is 0. The van der Waals surface area contributed by atoms with Crippen molar-refractivity contribution < 1.29 is 14.3 Å². The molecule has 0 aromatic carbocycles. The molecular weight excluding hydrogens is 360 g/mol. The standard InChI is InChI=1S/C26H48O3/c1-2-28-26(24-27)22-16-13-11-9-7-5-3-4-6-8-10-12-14-19-23-29-25-20-17-15-18-21-25/h15,25-26H,2-14,16-23H2,1H3. The Hall–Kier alpha value is -0.410. The molecule has 3 heteroatoms. The Kier molecular flexibility index (Phi) is 19.1. The Morgan fingerprint density at radius 1 is 0.793 bits per heavy atom. The lowest BCUT2D eigenvalue weighted by Gasteiger charge is -2.21. The van der Waals surface area contributed by atoms with Crippen LogP contribution in [0.4, 0.5) is 0 Å². The molecule has 0 N–H and O–H groups in total. The lowest BCUT2D eigenvalue weighted by Crippen LogP contribution is -2.17. The molecule has 1 unspecified atom stereocenters. The smallest absolute Gasteiger partial charge is 0.229 e. The predicted octanol–water partition coefficient (Wildman–Crippen LogP) is 7.52. The van der Waals surface area contributed by atoms with Gasteiger partial charge < -0.3 is 9.47 Å².